The van der Waals surface area contributed by atoms with Crippen molar-refractivity contribution in [1.82, 2.24) is 4.72 Å². The number of benzene rings is 3. The minimum atomic E-state index is -3.81. The van der Waals surface area contributed by atoms with Gasteiger partial charge in [-0.1, -0.05) is 71.8 Å². The molecule has 0 bridgehead atoms. The van der Waals surface area contributed by atoms with E-state index in [1.54, 1.807) is 72.8 Å². The normalized spacial score (nSPS) is 12.3. The maximum Gasteiger partial charge on any atom is 0.241 e. The number of nitrogens with one attached hydrogen (secondary N) is 2. The number of sulfonamides is 1. The molecule has 0 unspecified atom stereocenters. The number of anilines is 1. The standard InChI is InChI=1S/C22H21ClN2O3S/c1-16-11-13-18(14-12-16)29(27,28)25-21(17-7-3-2-4-8-17)15-22(26)24-20-10-6-5-9-19(20)23/h2-14,21,25H,15H2,1H3,(H,24,26)/t21-/m1/s1. The summed E-state index contributed by atoms with van der Waals surface area (Å²) in [5.74, 6) is -0.349. The van der Waals surface area contributed by atoms with Crippen LogP contribution in [-0.4, -0.2) is 14.3 Å². The van der Waals surface area contributed by atoms with Gasteiger partial charge in [0.05, 0.1) is 21.6 Å². The Labute approximate surface area is 175 Å². The first-order valence-electron chi connectivity index (χ1n) is 9.03. The van der Waals surface area contributed by atoms with Gasteiger partial charge in [-0.05, 0) is 36.8 Å². The zero-order valence-electron chi connectivity index (χ0n) is 15.8. The van der Waals surface area contributed by atoms with Crippen LogP contribution in [0.5, 0.6) is 0 Å². The molecule has 3 aromatic rings. The highest BCUT2D eigenvalue weighted by atomic mass is 35.5. The molecule has 0 saturated heterocycles. The van der Waals surface area contributed by atoms with E-state index >= 15 is 0 Å². The van der Waals surface area contributed by atoms with E-state index in [0.717, 1.165) is 5.56 Å². The number of rotatable bonds is 7. The van der Waals surface area contributed by atoms with Crippen molar-refractivity contribution < 1.29 is 13.2 Å². The van der Waals surface area contributed by atoms with Gasteiger partial charge in [-0.2, -0.15) is 0 Å². The molecule has 0 aliphatic rings. The van der Waals surface area contributed by atoms with Gasteiger partial charge in [0.15, 0.2) is 0 Å². The van der Waals surface area contributed by atoms with Gasteiger partial charge in [0.2, 0.25) is 15.9 Å². The van der Waals surface area contributed by atoms with E-state index in [1.165, 1.54) is 0 Å². The fourth-order valence-corrected chi connectivity index (χ4v) is 4.24. The van der Waals surface area contributed by atoms with E-state index in [2.05, 4.69) is 10.0 Å². The molecule has 5 nitrogen and oxygen atoms in total. The van der Waals surface area contributed by atoms with Crippen molar-refractivity contribution in [3.05, 3.63) is 95.0 Å². The third-order valence-electron chi connectivity index (χ3n) is 4.37. The highest BCUT2D eigenvalue weighted by Crippen LogP contribution is 2.24. The molecule has 0 radical (unpaired) electrons. The molecule has 29 heavy (non-hydrogen) atoms. The van der Waals surface area contributed by atoms with Crippen molar-refractivity contribution in [2.75, 3.05) is 5.32 Å². The van der Waals surface area contributed by atoms with Gasteiger partial charge in [-0.25, -0.2) is 13.1 Å². The van der Waals surface area contributed by atoms with Crippen molar-refractivity contribution in [2.45, 2.75) is 24.3 Å². The van der Waals surface area contributed by atoms with E-state index in [0.29, 0.717) is 16.3 Å². The van der Waals surface area contributed by atoms with Crippen molar-refractivity contribution in [3.8, 4) is 0 Å². The van der Waals surface area contributed by atoms with Crippen LogP contribution in [0.15, 0.2) is 83.8 Å². The van der Waals surface area contributed by atoms with E-state index in [4.69, 9.17) is 11.6 Å². The maximum absolute atomic E-state index is 12.9. The summed E-state index contributed by atoms with van der Waals surface area (Å²) in [7, 11) is -3.81. The lowest BCUT2D eigenvalue weighted by atomic mass is 10.0. The monoisotopic (exact) mass is 428 g/mol. The Balaban J connectivity index is 1.82. The second-order valence-corrected chi connectivity index (χ2v) is 8.75. The first kappa shape index (κ1) is 21.0. The van der Waals surface area contributed by atoms with Crippen LogP contribution in [0.2, 0.25) is 5.02 Å². The number of hydrogen-bond donors (Lipinski definition) is 2. The molecule has 3 aromatic carbocycles. The molecule has 0 aliphatic heterocycles. The Morgan fingerprint density at radius 3 is 2.21 bits per heavy atom. The lowest BCUT2D eigenvalue weighted by Gasteiger charge is -2.19. The number of carbonyl (C=O) groups excluding carboxylic acids is 1. The molecule has 150 valence electrons. The molecule has 7 heteroatoms. The average molecular weight is 429 g/mol. The third kappa shape index (κ3) is 5.67. The van der Waals surface area contributed by atoms with Crippen LogP contribution in [0.25, 0.3) is 0 Å². The fourth-order valence-electron chi connectivity index (χ4n) is 2.83. The van der Waals surface area contributed by atoms with Gasteiger partial charge in [-0.15, -0.1) is 0 Å². The van der Waals surface area contributed by atoms with Crippen LogP contribution in [0.1, 0.15) is 23.6 Å². The third-order valence-corrected chi connectivity index (χ3v) is 6.19. The van der Waals surface area contributed by atoms with Crippen molar-refractivity contribution in [1.29, 1.82) is 0 Å². The number of carbonyl (C=O) groups is 1. The summed E-state index contributed by atoms with van der Waals surface area (Å²) in [6, 6.07) is 21.7. The van der Waals surface area contributed by atoms with E-state index in [-0.39, 0.29) is 17.2 Å². The number of hydrogen-bond acceptors (Lipinski definition) is 3. The van der Waals surface area contributed by atoms with Crippen LogP contribution in [0.4, 0.5) is 5.69 Å². The first-order valence-corrected chi connectivity index (χ1v) is 10.9. The Morgan fingerprint density at radius 2 is 1.55 bits per heavy atom. The van der Waals surface area contributed by atoms with Crippen molar-refractivity contribution >= 4 is 33.2 Å². The van der Waals surface area contributed by atoms with Crippen LogP contribution < -0.4 is 10.0 Å². The second kappa shape index (κ2) is 9.22. The summed E-state index contributed by atoms with van der Waals surface area (Å²) in [6.45, 7) is 1.88. The molecule has 0 saturated carbocycles. The zero-order valence-corrected chi connectivity index (χ0v) is 17.4. The van der Waals surface area contributed by atoms with Gasteiger partial charge in [0, 0.05) is 6.42 Å². The SMILES string of the molecule is Cc1ccc(S(=O)(=O)N[C@H](CC(=O)Nc2ccccc2Cl)c2ccccc2)cc1. The summed E-state index contributed by atoms with van der Waals surface area (Å²) in [5.41, 5.74) is 2.13. The zero-order chi connectivity index (χ0) is 20.9. The van der Waals surface area contributed by atoms with Crippen LogP contribution in [0, 0.1) is 6.92 Å². The van der Waals surface area contributed by atoms with E-state index < -0.39 is 16.1 Å². The number of amides is 1. The van der Waals surface area contributed by atoms with Crippen LogP contribution >= 0.6 is 11.6 Å². The molecule has 0 heterocycles. The molecule has 1 amide bonds. The summed E-state index contributed by atoms with van der Waals surface area (Å²) >= 11 is 6.09. The average Bonchev–Trinajstić information content (AvgIpc) is 2.70. The smallest absolute Gasteiger partial charge is 0.241 e. The first-order chi connectivity index (χ1) is 13.8. The highest BCUT2D eigenvalue weighted by Gasteiger charge is 2.24. The Morgan fingerprint density at radius 1 is 0.931 bits per heavy atom. The minimum absolute atomic E-state index is 0.0830. The molecule has 0 aromatic heterocycles. The molecule has 0 spiro atoms. The molecular formula is C22H21ClN2O3S. The van der Waals surface area contributed by atoms with Crippen LogP contribution in [0.3, 0.4) is 0 Å². The summed E-state index contributed by atoms with van der Waals surface area (Å²) in [5, 5.41) is 3.15. The molecule has 1 atom stereocenters. The van der Waals surface area contributed by atoms with Gasteiger partial charge in [0.25, 0.3) is 0 Å². The van der Waals surface area contributed by atoms with Gasteiger partial charge < -0.3 is 5.32 Å². The number of halogens is 1. The number of para-hydroxylation sites is 1. The van der Waals surface area contributed by atoms with Gasteiger partial charge in [0.1, 0.15) is 0 Å². The lowest BCUT2D eigenvalue weighted by Crippen LogP contribution is -2.31. The van der Waals surface area contributed by atoms with E-state index in [1.807, 2.05) is 13.0 Å². The highest BCUT2D eigenvalue weighted by molar-refractivity contribution is 7.89. The van der Waals surface area contributed by atoms with Crippen LogP contribution in [-0.2, 0) is 14.8 Å². The van der Waals surface area contributed by atoms with Crippen molar-refractivity contribution in [2.24, 2.45) is 0 Å². The van der Waals surface area contributed by atoms with Crippen molar-refractivity contribution in [3.63, 3.8) is 0 Å². The topological polar surface area (TPSA) is 75.3 Å². The minimum Gasteiger partial charge on any atom is -0.325 e. The van der Waals surface area contributed by atoms with Gasteiger partial charge in [-0.3, -0.25) is 4.79 Å². The molecule has 3 rings (SSSR count). The Hall–Kier alpha value is -2.67. The molecule has 0 fully saturated rings. The fraction of sp³-hybridized carbons (Fsp3) is 0.136. The lowest BCUT2D eigenvalue weighted by molar-refractivity contribution is -0.116. The summed E-state index contributed by atoms with van der Waals surface area (Å²) in [6.07, 6.45) is -0.0830. The molecule has 0 aliphatic carbocycles. The quantitative estimate of drug-likeness (QED) is 0.572. The largest absolute Gasteiger partial charge is 0.325 e. The van der Waals surface area contributed by atoms with Gasteiger partial charge >= 0.3 is 0 Å². The predicted molar refractivity (Wildman–Crippen MR) is 115 cm³/mol. The summed E-state index contributed by atoms with van der Waals surface area (Å²) < 4.78 is 28.4. The molecule has 2 N–H and O–H groups in total. The Kier molecular flexibility index (Phi) is 6.69. The Bertz CT molecular complexity index is 1080. The number of aryl methyl sites for hydroxylation is 1. The predicted octanol–water partition coefficient (Wildman–Crippen LogP) is 4.70. The molecular weight excluding hydrogens is 408 g/mol. The summed E-state index contributed by atoms with van der Waals surface area (Å²) in [4.78, 5) is 12.8. The van der Waals surface area contributed by atoms with E-state index in [9.17, 15) is 13.2 Å². The maximum atomic E-state index is 12.9. The second-order valence-electron chi connectivity index (χ2n) is 6.63.